The summed E-state index contributed by atoms with van der Waals surface area (Å²) in [6.07, 6.45) is 7.98. The number of nitrogens with one attached hydrogen (secondary N) is 1. The maximum Gasteiger partial charge on any atom is 0.299 e. The van der Waals surface area contributed by atoms with E-state index in [0.717, 1.165) is 66.6 Å². The van der Waals surface area contributed by atoms with Crippen LogP contribution in [-0.4, -0.2) is 31.7 Å². The van der Waals surface area contributed by atoms with Crippen LogP contribution in [0.3, 0.4) is 0 Å². The first kappa shape index (κ1) is 21.2. The van der Waals surface area contributed by atoms with Gasteiger partial charge in [0.25, 0.3) is 11.9 Å². The first-order valence-corrected chi connectivity index (χ1v) is 12.3. The van der Waals surface area contributed by atoms with Gasteiger partial charge < -0.3 is 14.8 Å². The quantitative estimate of drug-likeness (QED) is 0.518. The van der Waals surface area contributed by atoms with Gasteiger partial charge in [0.15, 0.2) is 11.2 Å². The Balaban J connectivity index is 1.30. The van der Waals surface area contributed by atoms with Crippen LogP contribution in [0, 0.1) is 47.3 Å². The molecule has 0 atom stereocenters. The van der Waals surface area contributed by atoms with E-state index in [9.17, 15) is 5.26 Å². The molecule has 36 heavy (non-hydrogen) atoms. The van der Waals surface area contributed by atoms with Gasteiger partial charge in [0.2, 0.25) is 5.95 Å². The Kier molecular flexibility index (Phi) is 4.11. The molecule has 1 N–H and O–H groups in total. The number of nitriles is 2. The van der Waals surface area contributed by atoms with Crippen LogP contribution >= 0.6 is 0 Å². The molecule has 4 aliphatic carbocycles. The van der Waals surface area contributed by atoms with Crippen molar-refractivity contribution in [1.82, 2.24) is 19.5 Å². The van der Waals surface area contributed by atoms with Gasteiger partial charge >= 0.3 is 0 Å². The van der Waals surface area contributed by atoms with Crippen molar-refractivity contribution in [3.8, 4) is 29.8 Å². The van der Waals surface area contributed by atoms with Gasteiger partial charge in [-0.25, -0.2) is 0 Å². The van der Waals surface area contributed by atoms with Gasteiger partial charge in [0.05, 0.1) is 24.2 Å². The van der Waals surface area contributed by atoms with Crippen LogP contribution in [0.4, 0.5) is 5.95 Å². The number of anilines is 1. The molecule has 9 heteroatoms. The zero-order valence-corrected chi connectivity index (χ0v) is 20.3. The van der Waals surface area contributed by atoms with E-state index in [2.05, 4.69) is 16.0 Å². The molecule has 8 rings (SSSR count). The lowest BCUT2D eigenvalue weighted by atomic mass is 9.40. The highest BCUT2D eigenvalue weighted by Crippen LogP contribution is 2.67. The molecule has 5 aliphatic rings. The van der Waals surface area contributed by atoms with Crippen molar-refractivity contribution in [2.24, 2.45) is 10.8 Å². The summed E-state index contributed by atoms with van der Waals surface area (Å²) in [6.45, 7) is 5.47. The Labute approximate surface area is 208 Å². The molecule has 180 valence electrons. The number of rotatable bonds is 5. The molecule has 1 spiro atoms. The van der Waals surface area contributed by atoms with Crippen molar-refractivity contribution >= 4 is 23.2 Å². The second-order valence-corrected chi connectivity index (χ2v) is 11.2. The predicted octanol–water partition coefficient (Wildman–Crippen LogP) is 4.80. The average Bonchev–Trinajstić information content (AvgIpc) is 3.45. The van der Waals surface area contributed by atoms with Gasteiger partial charge in [-0.05, 0) is 80.9 Å². The van der Waals surface area contributed by atoms with E-state index in [0.29, 0.717) is 30.1 Å². The normalized spacial score (nSPS) is 26.3. The first-order chi connectivity index (χ1) is 17.3. The molecule has 0 amide bonds. The summed E-state index contributed by atoms with van der Waals surface area (Å²) >= 11 is 0. The van der Waals surface area contributed by atoms with E-state index in [1.807, 2.05) is 32.0 Å². The van der Waals surface area contributed by atoms with E-state index < -0.39 is 0 Å². The summed E-state index contributed by atoms with van der Waals surface area (Å²) in [6, 6.07) is 9.02. The summed E-state index contributed by atoms with van der Waals surface area (Å²) in [5, 5.41) is 21.8. The molecule has 2 aromatic heterocycles. The molecular formula is C27H25N7O2. The van der Waals surface area contributed by atoms with Crippen molar-refractivity contribution in [3.63, 3.8) is 0 Å². The van der Waals surface area contributed by atoms with Crippen molar-refractivity contribution in [3.05, 3.63) is 34.9 Å². The molecule has 1 aromatic carbocycles. The highest BCUT2D eigenvalue weighted by atomic mass is 16.5. The zero-order chi connectivity index (χ0) is 24.7. The number of ether oxygens (including phenoxy) is 2. The average molecular weight is 480 g/mol. The Morgan fingerprint density at radius 3 is 2.53 bits per heavy atom. The smallest absolute Gasteiger partial charge is 0.299 e. The molecule has 0 radical (unpaired) electrons. The van der Waals surface area contributed by atoms with Crippen LogP contribution in [0.5, 0.6) is 17.6 Å². The molecule has 9 nitrogen and oxygen atoms in total. The first-order valence-electron chi connectivity index (χ1n) is 12.3. The minimum absolute atomic E-state index is 0.116. The van der Waals surface area contributed by atoms with Gasteiger partial charge in [-0.15, -0.1) is 0 Å². The van der Waals surface area contributed by atoms with Gasteiger partial charge in [-0.1, -0.05) is 0 Å². The highest BCUT2D eigenvalue weighted by Gasteiger charge is 2.69. The fraction of sp³-hybridized carbons (Fsp3) is 0.444. The topological polar surface area (TPSA) is 122 Å². The number of aryl methyl sites for hydroxylation is 2. The molecule has 0 unspecified atom stereocenters. The number of hydrogen-bond acceptors (Lipinski definition) is 8. The van der Waals surface area contributed by atoms with Crippen molar-refractivity contribution in [1.29, 1.82) is 10.5 Å². The van der Waals surface area contributed by atoms with Gasteiger partial charge in [-0.3, -0.25) is 4.57 Å². The summed E-state index contributed by atoms with van der Waals surface area (Å²) in [4.78, 5) is 14.3. The fourth-order valence-electron chi connectivity index (χ4n) is 6.19. The molecule has 2 bridgehead atoms. The molecule has 1 aliphatic heterocycles. The minimum atomic E-state index is -0.174. The monoisotopic (exact) mass is 479 g/mol. The van der Waals surface area contributed by atoms with E-state index in [1.54, 1.807) is 6.08 Å². The van der Waals surface area contributed by atoms with Gasteiger partial charge in [0, 0.05) is 23.6 Å². The van der Waals surface area contributed by atoms with Gasteiger partial charge in [-0.2, -0.15) is 25.5 Å². The van der Waals surface area contributed by atoms with Crippen LogP contribution in [0.25, 0.3) is 17.2 Å². The number of imidazole rings is 1. The van der Waals surface area contributed by atoms with E-state index in [1.165, 1.54) is 6.08 Å². The van der Waals surface area contributed by atoms with E-state index >= 15 is 0 Å². The van der Waals surface area contributed by atoms with E-state index in [-0.39, 0.29) is 16.4 Å². The Bertz CT molecular complexity index is 1520. The fourth-order valence-corrected chi connectivity index (χ4v) is 6.19. The second kappa shape index (κ2) is 6.98. The largest absolute Gasteiger partial charge is 0.464 e. The van der Waals surface area contributed by atoms with Crippen LogP contribution < -0.4 is 14.8 Å². The lowest BCUT2D eigenvalue weighted by Gasteiger charge is -2.66. The maximum absolute atomic E-state index is 9.40. The summed E-state index contributed by atoms with van der Waals surface area (Å²) in [5.74, 6) is 1.62. The number of benzene rings is 1. The van der Waals surface area contributed by atoms with Crippen LogP contribution in [0.2, 0.25) is 0 Å². The van der Waals surface area contributed by atoms with Crippen LogP contribution in [-0.2, 0) is 6.54 Å². The number of allylic oxidation sites excluding steroid dienone is 1. The highest BCUT2D eigenvalue weighted by molar-refractivity contribution is 5.80. The van der Waals surface area contributed by atoms with Crippen molar-refractivity contribution in [2.45, 2.75) is 58.0 Å². The maximum atomic E-state index is 9.40. The lowest BCUT2D eigenvalue weighted by molar-refractivity contribution is -0.0665. The minimum Gasteiger partial charge on any atom is -0.464 e. The Hall–Kier alpha value is -4.11. The van der Waals surface area contributed by atoms with E-state index in [4.69, 9.17) is 29.7 Å². The molecule has 0 saturated heterocycles. The standard InChI is InChI=1S/C27H25N7O2/c1-16-8-18(4-3-7-28)9-17(2)20(16)36-22-19-21(31-24-34(19)14-25(5-6-25)15-35-24)30-23(32-22)33-27-10-26(11-27,12-27)13-29/h3-4,8-9H,5-6,10-12,14-15H2,1-2H3,(H,30,32,33)/b4-3+. The third kappa shape index (κ3) is 3.09. The zero-order valence-electron chi connectivity index (χ0n) is 20.3. The van der Waals surface area contributed by atoms with Crippen LogP contribution in [0.1, 0.15) is 48.8 Å². The van der Waals surface area contributed by atoms with Crippen LogP contribution in [0.15, 0.2) is 18.2 Å². The third-order valence-electron chi connectivity index (χ3n) is 8.17. The molecule has 3 aromatic rings. The number of nitrogens with zero attached hydrogens (tertiary/aromatic N) is 6. The summed E-state index contributed by atoms with van der Waals surface area (Å²) < 4.78 is 14.6. The second-order valence-electron chi connectivity index (χ2n) is 11.2. The number of aromatic nitrogens is 4. The van der Waals surface area contributed by atoms with Crippen molar-refractivity contribution < 1.29 is 9.47 Å². The summed E-state index contributed by atoms with van der Waals surface area (Å²) in [5.41, 5.74) is 3.99. The Morgan fingerprint density at radius 2 is 1.86 bits per heavy atom. The molecular weight excluding hydrogens is 454 g/mol. The predicted molar refractivity (Wildman–Crippen MR) is 131 cm³/mol. The Morgan fingerprint density at radius 1 is 1.11 bits per heavy atom. The lowest BCUT2D eigenvalue weighted by Crippen LogP contribution is -2.70. The number of fused-ring (bicyclic) bond motifs is 3. The summed E-state index contributed by atoms with van der Waals surface area (Å²) in [7, 11) is 0. The third-order valence-corrected chi connectivity index (χ3v) is 8.17. The molecule has 3 heterocycles. The molecule has 4 saturated carbocycles. The van der Waals surface area contributed by atoms with Gasteiger partial charge in [0.1, 0.15) is 5.75 Å². The number of hydrogen-bond donors (Lipinski definition) is 1. The molecule has 4 fully saturated rings. The SMILES string of the molecule is Cc1cc(/C=C/C#N)cc(C)c1Oc1nc(NC23CC(C#N)(C2)C3)nc2nc3n(c12)CC1(CC1)CO3. The van der Waals surface area contributed by atoms with Crippen molar-refractivity contribution in [2.75, 3.05) is 11.9 Å².